The maximum absolute atomic E-state index is 6.20. The first-order valence-corrected chi connectivity index (χ1v) is 9.00. The van der Waals surface area contributed by atoms with Gasteiger partial charge < -0.3 is 4.74 Å². The van der Waals surface area contributed by atoms with Gasteiger partial charge >= 0.3 is 0 Å². The Hall–Kier alpha value is -1.32. The molecule has 2 aliphatic rings. The van der Waals surface area contributed by atoms with Crippen molar-refractivity contribution in [2.24, 2.45) is 0 Å². The Morgan fingerprint density at radius 1 is 1.00 bits per heavy atom. The molecule has 0 N–H and O–H groups in total. The minimum Gasteiger partial charge on any atom is -0.378 e. The maximum atomic E-state index is 6.20. The first-order chi connectivity index (χ1) is 11.7. The number of hydrogen-bond donors (Lipinski definition) is 0. The maximum Gasteiger partial charge on any atom is 0.0658 e. The Labute approximate surface area is 152 Å². The van der Waals surface area contributed by atoms with Crippen molar-refractivity contribution in [3.63, 3.8) is 0 Å². The van der Waals surface area contributed by atoms with Crippen LogP contribution in [0.15, 0.2) is 54.6 Å². The van der Waals surface area contributed by atoms with Crippen LogP contribution in [0.5, 0.6) is 0 Å². The molecule has 2 nitrogen and oxygen atoms in total. The molecule has 2 aliphatic heterocycles. The van der Waals surface area contributed by atoms with E-state index in [0.717, 1.165) is 26.2 Å². The van der Waals surface area contributed by atoms with E-state index >= 15 is 0 Å². The van der Waals surface area contributed by atoms with Crippen molar-refractivity contribution in [3.05, 3.63) is 75.8 Å². The van der Waals surface area contributed by atoms with E-state index in [1.54, 1.807) is 0 Å². The number of fused-ring (bicyclic) bond motifs is 2. The zero-order valence-corrected chi connectivity index (χ0v) is 14.8. The van der Waals surface area contributed by atoms with Crippen LogP contribution in [0.2, 0.25) is 10.0 Å². The molecule has 0 radical (unpaired) electrons. The molecule has 1 saturated heterocycles. The van der Waals surface area contributed by atoms with Crippen molar-refractivity contribution >= 4 is 28.8 Å². The number of halogens is 2. The summed E-state index contributed by atoms with van der Waals surface area (Å²) in [6, 6.07) is 17.3. The fourth-order valence-corrected chi connectivity index (χ4v) is 3.91. The topological polar surface area (TPSA) is 12.5 Å². The molecule has 0 aromatic heterocycles. The van der Waals surface area contributed by atoms with E-state index in [4.69, 9.17) is 27.9 Å². The molecule has 2 aromatic rings. The fraction of sp³-hybridized carbons (Fsp3) is 0.300. The van der Waals surface area contributed by atoms with Crippen molar-refractivity contribution < 1.29 is 4.74 Å². The van der Waals surface area contributed by atoms with Gasteiger partial charge in [-0.3, -0.25) is 4.90 Å². The molecule has 2 aromatic carbocycles. The number of rotatable bonds is 3. The molecule has 0 amide bonds. The van der Waals surface area contributed by atoms with Gasteiger partial charge in [0, 0.05) is 12.6 Å². The lowest BCUT2D eigenvalue weighted by Gasteiger charge is -2.45. The van der Waals surface area contributed by atoms with Gasteiger partial charge in [0.1, 0.15) is 0 Å². The van der Waals surface area contributed by atoms with Crippen molar-refractivity contribution in [3.8, 4) is 0 Å². The van der Waals surface area contributed by atoms with Crippen LogP contribution in [-0.4, -0.2) is 30.2 Å². The van der Waals surface area contributed by atoms with Crippen LogP contribution < -0.4 is 0 Å². The van der Waals surface area contributed by atoms with E-state index in [9.17, 15) is 0 Å². The molecule has 4 rings (SSSR count). The van der Waals surface area contributed by atoms with Gasteiger partial charge in [-0.2, -0.15) is 0 Å². The van der Waals surface area contributed by atoms with Crippen molar-refractivity contribution in [2.45, 2.75) is 25.0 Å². The first-order valence-electron chi connectivity index (χ1n) is 8.24. The standard InChI is InChI=1S/C20H19Cl2NO/c21-19-7-6-15(10-20(19)22)16-8-17-12-24-13-18(9-16)23(17)11-14-4-2-1-3-5-14/h1-8,10,17-18H,9,11-13H2. The third-order valence-corrected chi connectivity index (χ3v) is 5.58. The Kier molecular flexibility index (Phi) is 4.64. The van der Waals surface area contributed by atoms with Gasteiger partial charge in [0.2, 0.25) is 0 Å². The molecule has 0 spiro atoms. The van der Waals surface area contributed by atoms with Gasteiger partial charge in [0.15, 0.2) is 0 Å². The fourth-order valence-electron chi connectivity index (χ4n) is 3.61. The second kappa shape index (κ2) is 6.89. The minimum atomic E-state index is 0.308. The largest absolute Gasteiger partial charge is 0.378 e. The summed E-state index contributed by atoms with van der Waals surface area (Å²) in [6.07, 6.45) is 3.31. The Bertz CT molecular complexity index is 759. The van der Waals surface area contributed by atoms with Gasteiger partial charge in [-0.1, -0.05) is 65.7 Å². The smallest absolute Gasteiger partial charge is 0.0658 e. The number of nitrogens with zero attached hydrogens (tertiary/aromatic N) is 1. The van der Waals surface area contributed by atoms with Crippen LogP contribution in [0.25, 0.3) is 5.57 Å². The molecule has 124 valence electrons. The number of benzene rings is 2. The molecule has 2 atom stereocenters. The number of morpholine rings is 1. The van der Waals surface area contributed by atoms with Crippen LogP contribution in [0.1, 0.15) is 17.5 Å². The SMILES string of the molecule is Clc1ccc(C2=CC3COCC(C2)N3Cc2ccccc2)cc1Cl. The summed E-state index contributed by atoms with van der Waals surface area (Å²) in [6.45, 7) is 2.49. The average Bonchev–Trinajstić information content (AvgIpc) is 2.58. The average molecular weight is 360 g/mol. The number of ether oxygens (including phenoxy) is 1. The van der Waals surface area contributed by atoms with Gasteiger partial charge in [-0.15, -0.1) is 0 Å². The Balaban J connectivity index is 1.61. The zero-order chi connectivity index (χ0) is 16.5. The van der Waals surface area contributed by atoms with Crippen LogP contribution in [0, 0.1) is 0 Å². The molecule has 2 unspecified atom stereocenters. The summed E-state index contributed by atoms with van der Waals surface area (Å²) >= 11 is 12.2. The normalized spacial score (nSPS) is 23.8. The van der Waals surface area contributed by atoms with Gasteiger partial charge in [0.05, 0.1) is 29.3 Å². The van der Waals surface area contributed by atoms with E-state index in [1.165, 1.54) is 16.7 Å². The highest BCUT2D eigenvalue weighted by atomic mass is 35.5. The third-order valence-electron chi connectivity index (χ3n) is 4.84. The van der Waals surface area contributed by atoms with Crippen LogP contribution >= 0.6 is 23.2 Å². The first kappa shape index (κ1) is 16.2. The van der Waals surface area contributed by atoms with Gasteiger partial charge in [-0.05, 0) is 35.3 Å². The molecular formula is C20H19Cl2NO. The quantitative estimate of drug-likeness (QED) is 0.760. The minimum absolute atomic E-state index is 0.308. The third kappa shape index (κ3) is 3.25. The lowest BCUT2D eigenvalue weighted by atomic mass is 9.89. The van der Waals surface area contributed by atoms with Crippen LogP contribution in [0.4, 0.5) is 0 Å². The van der Waals surface area contributed by atoms with Gasteiger partial charge in [0.25, 0.3) is 0 Å². The lowest BCUT2D eigenvalue weighted by Crippen LogP contribution is -2.53. The van der Waals surface area contributed by atoms with E-state index < -0.39 is 0 Å². The van der Waals surface area contributed by atoms with Crippen molar-refractivity contribution in [1.82, 2.24) is 4.90 Å². The Morgan fingerprint density at radius 3 is 2.58 bits per heavy atom. The van der Waals surface area contributed by atoms with Crippen molar-refractivity contribution in [1.29, 1.82) is 0 Å². The highest BCUT2D eigenvalue weighted by Gasteiger charge is 2.34. The molecule has 4 heteroatoms. The highest BCUT2D eigenvalue weighted by Crippen LogP contribution is 2.35. The van der Waals surface area contributed by atoms with E-state index in [2.05, 4.69) is 47.4 Å². The second-order valence-electron chi connectivity index (χ2n) is 6.44. The van der Waals surface area contributed by atoms with Crippen molar-refractivity contribution in [2.75, 3.05) is 13.2 Å². The summed E-state index contributed by atoms with van der Waals surface area (Å²) in [5, 5.41) is 1.22. The van der Waals surface area contributed by atoms with Crippen LogP contribution in [-0.2, 0) is 11.3 Å². The molecular weight excluding hydrogens is 341 g/mol. The van der Waals surface area contributed by atoms with Gasteiger partial charge in [-0.25, -0.2) is 0 Å². The van der Waals surface area contributed by atoms with Crippen LogP contribution in [0.3, 0.4) is 0 Å². The monoisotopic (exact) mass is 359 g/mol. The molecule has 0 aliphatic carbocycles. The molecule has 1 fully saturated rings. The summed E-state index contributed by atoms with van der Waals surface area (Å²) in [5.74, 6) is 0. The zero-order valence-electron chi connectivity index (χ0n) is 13.3. The highest BCUT2D eigenvalue weighted by molar-refractivity contribution is 6.42. The second-order valence-corrected chi connectivity index (χ2v) is 7.26. The summed E-state index contributed by atoms with van der Waals surface area (Å²) in [4.78, 5) is 2.56. The molecule has 24 heavy (non-hydrogen) atoms. The predicted molar refractivity (Wildman–Crippen MR) is 99.4 cm³/mol. The summed E-state index contributed by atoms with van der Waals surface area (Å²) in [5.41, 5.74) is 3.86. The van der Waals surface area contributed by atoms with E-state index in [-0.39, 0.29) is 0 Å². The molecule has 0 saturated carbocycles. The molecule has 2 heterocycles. The van der Waals surface area contributed by atoms with E-state index in [1.807, 2.05) is 12.1 Å². The summed E-state index contributed by atoms with van der Waals surface area (Å²) < 4.78 is 5.80. The molecule has 2 bridgehead atoms. The van der Waals surface area contributed by atoms with E-state index in [0.29, 0.717) is 22.1 Å². The number of hydrogen-bond acceptors (Lipinski definition) is 2. The predicted octanol–water partition coefficient (Wildman–Crippen LogP) is 5.05. The lowest BCUT2D eigenvalue weighted by molar-refractivity contribution is -0.0402. The summed E-state index contributed by atoms with van der Waals surface area (Å²) in [7, 11) is 0. The Morgan fingerprint density at radius 2 is 1.83 bits per heavy atom.